The quantitative estimate of drug-likeness (QED) is 0.798. The van der Waals surface area contributed by atoms with Crippen molar-refractivity contribution >= 4 is 5.91 Å². The standard InChI is InChI=1S/C19H25N3O2/c23-19(16-9-12-3-4-15(16)8-12)22-7-1-2-13(11-22)10-17-20-18(21-24-17)14-5-6-14/h3-4,12-16H,1-2,5-11H2/t12-,13-,15-,16-/m0/s1. The molecule has 1 aliphatic heterocycles. The normalized spacial score (nSPS) is 34.9. The van der Waals surface area contributed by atoms with Crippen LogP contribution in [0.3, 0.4) is 0 Å². The molecule has 2 heterocycles. The molecule has 1 aromatic rings. The van der Waals surface area contributed by atoms with E-state index in [2.05, 4.69) is 27.2 Å². The van der Waals surface area contributed by atoms with Gasteiger partial charge in [-0.25, -0.2) is 0 Å². The SMILES string of the molecule is O=C([C@H]1C[C@H]2C=C[C@H]1C2)N1CCC[C@@H](Cc2nc(C3CC3)no2)C1. The Hall–Kier alpha value is -1.65. The lowest BCUT2D eigenvalue weighted by atomic mass is 9.89. The molecule has 1 amide bonds. The highest BCUT2D eigenvalue weighted by Crippen LogP contribution is 2.44. The molecule has 5 heteroatoms. The van der Waals surface area contributed by atoms with Gasteiger partial charge in [-0.1, -0.05) is 17.3 Å². The Morgan fingerprint density at radius 2 is 2.17 bits per heavy atom. The van der Waals surface area contributed by atoms with Gasteiger partial charge in [0.15, 0.2) is 5.82 Å². The lowest BCUT2D eigenvalue weighted by Crippen LogP contribution is -2.44. The van der Waals surface area contributed by atoms with Crippen LogP contribution >= 0.6 is 0 Å². The maximum Gasteiger partial charge on any atom is 0.226 e. The third-order valence-corrected chi connectivity index (χ3v) is 6.32. The van der Waals surface area contributed by atoms with Gasteiger partial charge in [0.05, 0.1) is 0 Å². The van der Waals surface area contributed by atoms with Crippen molar-refractivity contribution in [2.45, 2.75) is 50.9 Å². The summed E-state index contributed by atoms with van der Waals surface area (Å²) in [5.74, 6) is 4.44. The third-order valence-electron chi connectivity index (χ3n) is 6.32. The Kier molecular flexibility index (Phi) is 3.49. The van der Waals surface area contributed by atoms with Crippen molar-refractivity contribution < 1.29 is 9.32 Å². The zero-order valence-corrected chi connectivity index (χ0v) is 14.1. The largest absolute Gasteiger partial charge is 0.342 e. The third kappa shape index (κ3) is 2.68. The second-order valence-electron chi connectivity index (χ2n) is 8.20. The average molecular weight is 327 g/mol. The predicted molar refractivity (Wildman–Crippen MR) is 88.1 cm³/mol. The zero-order valence-electron chi connectivity index (χ0n) is 14.1. The molecule has 5 nitrogen and oxygen atoms in total. The number of aromatic nitrogens is 2. The first-order valence-corrected chi connectivity index (χ1v) is 9.56. The number of piperidine rings is 1. The van der Waals surface area contributed by atoms with E-state index in [1.165, 1.54) is 19.3 Å². The van der Waals surface area contributed by atoms with Crippen molar-refractivity contribution in [3.05, 3.63) is 23.9 Å². The summed E-state index contributed by atoms with van der Waals surface area (Å²) in [5.41, 5.74) is 0. The first-order valence-electron chi connectivity index (χ1n) is 9.56. The van der Waals surface area contributed by atoms with Crippen molar-refractivity contribution in [1.29, 1.82) is 0 Å². The van der Waals surface area contributed by atoms with E-state index in [0.717, 1.165) is 50.5 Å². The molecule has 0 radical (unpaired) electrons. The predicted octanol–water partition coefficient (Wildman–Crippen LogP) is 2.94. The number of hydrogen-bond donors (Lipinski definition) is 0. The lowest BCUT2D eigenvalue weighted by molar-refractivity contribution is -0.138. The van der Waals surface area contributed by atoms with E-state index < -0.39 is 0 Å². The number of allylic oxidation sites excluding steroid dienone is 2. The van der Waals surface area contributed by atoms with Crippen molar-refractivity contribution in [3.8, 4) is 0 Å². The molecular formula is C19H25N3O2. The monoisotopic (exact) mass is 327 g/mol. The highest BCUT2D eigenvalue weighted by molar-refractivity contribution is 5.80. The Labute approximate surface area is 142 Å². The summed E-state index contributed by atoms with van der Waals surface area (Å²) >= 11 is 0. The van der Waals surface area contributed by atoms with Gasteiger partial charge < -0.3 is 9.42 Å². The van der Waals surface area contributed by atoms with Crippen LogP contribution in [0.4, 0.5) is 0 Å². The fourth-order valence-corrected chi connectivity index (χ4v) is 4.84. The number of rotatable bonds is 4. The van der Waals surface area contributed by atoms with Crippen LogP contribution in [0.1, 0.15) is 56.2 Å². The van der Waals surface area contributed by atoms with Gasteiger partial charge in [-0.3, -0.25) is 4.79 Å². The lowest BCUT2D eigenvalue weighted by Gasteiger charge is -2.35. The van der Waals surface area contributed by atoms with Crippen molar-refractivity contribution in [3.63, 3.8) is 0 Å². The van der Waals surface area contributed by atoms with E-state index in [-0.39, 0.29) is 5.92 Å². The number of amides is 1. The number of hydrogen-bond acceptors (Lipinski definition) is 4. The minimum absolute atomic E-state index is 0.239. The Balaban J connectivity index is 1.21. The molecule has 3 aliphatic carbocycles. The van der Waals surface area contributed by atoms with Gasteiger partial charge in [0.2, 0.25) is 11.8 Å². The van der Waals surface area contributed by atoms with Crippen LogP contribution in [0.25, 0.3) is 0 Å². The zero-order chi connectivity index (χ0) is 16.1. The molecule has 1 aromatic heterocycles. The van der Waals surface area contributed by atoms with Gasteiger partial charge in [0.25, 0.3) is 0 Å². The molecule has 4 aliphatic rings. The van der Waals surface area contributed by atoms with E-state index in [4.69, 9.17) is 4.52 Å². The molecule has 0 aromatic carbocycles. The summed E-state index contributed by atoms with van der Waals surface area (Å²) in [5, 5.41) is 4.11. The Bertz CT molecular complexity index is 663. The minimum atomic E-state index is 0.239. The maximum atomic E-state index is 12.9. The number of likely N-dealkylation sites (tertiary alicyclic amines) is 1. The molecule has 1 saturated heterocycles. The topological polar surface area (TPSA) is 59.2 Å². The van der Waals surface area contributed by atoms with E-state index in [9.17, 15) is 4.79 Å². The number of fused-ring (bicyclic) bond motifs is 2. The van der Waals surface area contributed by atoms with Crippen molar-refractivity contribution in [2.24, 2.45) is 23.7 Å². The Morgan fingerprint density at radius 1 is 1.25 bits per heavy atom. The summed E-state index contributed by atoms with van der Waals surface area (Å²) in [7, 11) is 0. The Morgan fingerprint density at radius 3 is 2.92 bits per heavy atom. The molecule has 2 saturated carbocycles. The van der Waals surface area contributed by atoms with Gasteiger partial charge in [0.1, 0.15) is 0 Å². The maximum absolute atomic E-state index is 12.9. The van der Waals surface area contributed by atoms with Crippen molar-refractivity contribution in [1.82, 2.24) is 15.0 Å². The molecule has 0 N–H and O–H groups in total. The molecule has 4 atom stereocenters. The van der Waals surface area contributed by atoms with Gasteiger partial charge >= 0.3 is 0 Å². The number of carbonyl (C=O) groups is 1. The summed E-state index contributed by atoms with van der Waals surface area (Å²) in [6.45, 7) is 1.78. The van der Waals surface area contributed by atoms with Crippen LogP contribution in [-0.4, -0.2) is 34.0 Å². The second-order valence-corrected chi connectivity index (χ2v) is 8.20. The average Bonchev–Trinajstić information content (AvgIpc) is 3.02. The molecule has 3 fully saturated rings. The van der Waals surface area contributed by atoms with Gasteiger partial charge in [0, 0.05) is 31.3 Å². The first kappa shape index (κ1) is 14.7. The molecule has 0 spiro atoms. The van der Waals surface area contributed by atoms with E-state index in [1.54, 1.807) is 0 Å². The van der Waals surface area contributed by atoms with Gasteiger partial charge in [-0.2, -0.15) is 4.98 Å². The summed E-state index contributed by atoms with van der Waals surface area (Å²) in [6.07, 6.45) is 12.3. The van der Waals surface area contributed by atoms with Crippen LogP contribution in [0.5, 0.6) is 0 Å². The van der Waals surface area contributed by atoms with E-state index in [1.807, 2.05) is 0 Å². The highest BCUT2D eigenvalue weighted by atomic mass is 16.5. The summed E-state index contributed by atoms with van der Waals surface area (Å²) in [6, 6.07) is 0. The smallest absolute Gasteiger partial charge is 0.226 e. The fraction of sp³-hybridized carbons (Fsp3) is 0.737. The molecule has 0 unspecified atom stereocenters. The van der Waals surface area contributed by atoms with Crippen LogP contribution in [-0.2, 0) is 11.2 Å². The van der Waals surface area contributed by atoms with E-state index >= 15 is 0 Å². The highest BCUT2D eigenvalue weighted by Gasteiger charge is 2.42. The minimum Gasteiger partial charge on any atom is -0.342 e. The number of carbonyl (C=O) groups excluding carboxylic acids is 1. The molecule has 24 heavy (non-hydrogen) atoms. The van der Waals surface area contributed by atoms with Gasteiger partial charge in [-0.05, 0) is 56.3 Å². The molecule has 128 valence electrons. The summed E-state index contributed by atoms with van der Waals surface area (Å²) in [4.78, 5) is 19.6. The summed E-state index contributed by atoms with van der Waals surface area (Å²) < 4.78 is 5.43. The molecule has 2 bridgehead atoms. The van der Waals surface area contributed by atoms with Gasteiger partial charge in [-0.15, -0.1) is 0 Å². The first-order chi connectivity index (χ1) is 11.8. The van der Waals surface area contributed by atoms with Crippen LogP contribution in [0.15, 0.2) is 16.7 Å². The van der Waals surface area contributed by atoms with Crippen LogP contribution in [0, 0.1) is 23.7 Å². The van der Waals surface area contributed by atoms with Crippen molar-refractivity contribution in [2.75, 3.05) is 13.1 Å². The van der Waals surface area contributed by atoms with Crippen LogP contribution < -0.4 is 0 Å². The molecule has 5 rings (SSSR count). The van der Waals surface area contributed by atoms with E-state index in [0.29, 0.717) is 29.6 Å². The number of nitrogens with zero attached hydrogens (tertiary/aromatic N) is 3. The molecular weight excluding hydrogens is 302 g/mol. The second kappa shape index (κ2) is 5.71. The van der Waals surface area contributed by atoms with Crippen LogP contribution in [0.2, 0.25) is 0 Å². The fourth-order valence-electron chi connectivity index (χ4n) is 4.84.